The second-order valence-corrected chi connectivity index (χ2v) is 1.99. The van der Waals surface area contributed by atoms with Crippen molar-refractivity contribution < 1.29 is 19.8 Å². The molecule has 0 amide bonds. The summed E-state index contributed by atoms with van der Waals surface area (Å²) in [5.41, 5.74) is 0. The molecule has 0 spiro atoms. The topological polar surface area (TPSA) is 105 Å². The van der Waals surface area contributed by atoms with Crippen molar-refractivity contribution in [2.24, 2.45) is 7.05 Å². The van der Waals surface area contributed by atoms with Crippen LogP contribution in [0.3, 0.4) is 0 Å². The van der Waals surface area contributed by atoms with Gasteiger partial charge < -0.3 is 10.2 Å². The van der Waals surface area contributed by atoms with E-state index in [1.54, 1.807) is 0 Å². The lowest BCUT2D eigenvalue weighted by molar-refractivity contribution is 0.0676. The van der Waals surface area contributed by atoms with Gasteiger partial charge in [0.05, 0.1) is 0 Å². The number of nitrogens with zero attached hydrogens (tertiary/aromatic N) is 3. The zero-order chi connectivity index (χ0) is 9.30. The molecular formula is C5H5N3O4. The van der Waals surface area contributed by atoms with Crippen LogP contribution in [0.1, 0.15) is 21.2 Å². The van der Waals surface area contributed by atoms with E-state index >= 15 is 0 Å². The third-order valence-electron chi connectivity index (χ3n) is 1.15. The van der Waals surface area contributed by atoms with Crippen LogP contribution in [-0.2, 0) is 7.05 Å². The van der Waals surface area contributed by atoms with Crippen molar-refractivity contribution in [2.75, 3.05) is 0 Å². The molecule has 1 aromatic heterocycles. The van der Waals surface area contributed by atoms with Crippen molar-refractivity contribution in [3.05, 3.63) is 11.6 Å². The number of aryl methyl sites for hydroxylation is 1. The van der Waals surface area contributed by atoms with Crippen LogP contribution in [-0.4, -0.2) is 36.9 Å². The van der Waals surface area contributed by atoms with Crippen molar-refractivity contribution in [3.63, 3.8) is 0 Å². The zero-order valence-electron chi connectivity index (χ0n) is 6.05. The molecule has 0 saturated heterocycles. The van der Waals surface area contributed by atoms with E-state index in [1.165, 1.54) is 7.05 Å². The quantitative estimate of drug-likeness (QED) is 0.604. The fraction of sp³-hybridized carbons (Fsp3) is 0.200. The van der Waals surface area contributed by atoms with Gasteiger partial charge in [0.25, 0.3) is 5.82 Å². The van der Waals surface area contributed by atoms with Crippen LogP contribution in [0.25, 0.3) is 0 Å². The molecule has 0 aliphatic heterocycles. The van der Waals surface area contributed by atoms with Crippen molar-refractivity contribution in [2.45, 2.75) is 0 Å². The Balaban J connectivity index is 3.17. The van der Waals surface area contributed by atoms with Crippen LogP contribution in [0.5, 0.6) is 0 Å². The first-order valence-corrected chi connectivity index (χ1v) is 2.90. The third-order valence-corrected chi connectivity index (χ3v) is 1.15. The maximum absolute atomic E-state index is 10.3. The molecule has 0 aliphatic rings. The minimum atomic E-state index is -1.35. The van der Waals surface area contributed by atoms with E-state index in [4.69, 9.17) is 10.2 Å². The molecule has 0 aromatic carbocycles. The highest BCUT2D eigenvalue weighted by atomic mass is 16.4. The van der Waals surface area contributed by atoms with E-state index < -0.39 is 23.6 Å². The minimum absolute atomic E-state index is 0.396. The Morgan fingerprint density at radius 2 is 1.92 bits per heavy atom. The van der Waals surface area contributed by atoms with E-state index in [0.29, 0.717) is 0 Å². The van der Waals surface area contributed by atoms with Crippen LogP contribution < -0.4 is 0 Å². The van der Waals surface area contributed by atoms with Gasteiger partial charge in [0.1, 0.15) is 0 Å². The highest BCUT2D eigenvalue weighted by Crippen LogP contribution is 1.95. The van der Waals surface area contributed by atoms with E-state index in [2.05, 4.69) is 10.1 Å². The molecule has 0 atom stereocenters. The summed E-state index contributed by atoms with van der Waals surface area (Å²) < 4.78 is 0.895. The van der Waals surface area contributed by atoms with Gasteiger partial charge >= 0.3 is 11.9 Å². The molecule has 0 radical (unpaired) electrons. The third kappa shape index (κ3) is 1.24. The second-order valence-electron chi connectivity index (χ2n) is 1.99. The summed E-state index contributed by atoms with van der Waals surface area (Å²) in [5.74, 6) is -3.57. The average Bonchev–Trinajstić information content (AvgIpc) is 2.30. The number of aromatic nitrogens is 3. The average molecular weight is 171 g/mol. The molecule has 7 heteroatoms. The SMILES string of the molecule is Cn1nc(C(=O)O)nc1C(=O)O. The summed E-state index contributed by atoms with van der Waals surface area (Å²) in [5, 5.41) is 20.2. The summed E-state index contributed by atoms with van der Waals surface area (Å²) in [7, 11) is 1.31. The van der Waals surface area contributed by atoms with E-state index in [-0.39, 0.29) is 0 Å². The van der Waals surface area contributed by atoms with Crippen LogP contribution >= 0.6 is 0 Å². The van der Waals surface area contributed by atoms with Gasteiger partial charge in [-0.1, -0.05) is 0 Å². The molecule has 0 fully saturated rings. The lowest BCUT2D eigenvalue weighted by atomic mass is 10.6. The fourth-order valence-electron chi connectivity index (χ4n) is 0.661. The molecule has 0 unspecified atom stereocenters. The number of carboxylic acid groups (broad SMARTS) is 2. The number of carboxylic acids is 2. The molecule has 1 aromatic rings. The Kier molecular flexibility index (Phi) is 1.78. The maximum atomic E-state index is 10.3. The summed E-state index contributed by atoms with van der Waals surface area (Å²) in [6, 6.07) is 0. The molecule has 7 nitrogen and oxygen atoms in total. The van der Waals surface area contributed by atoms with Gasteiger partial charge in [-0.2, -0.15) is 4.98 Å². The first kappa shape index (κ1) is 8.18. The lowest BCUT2D eigenvalue weighted by Gasteiger charge is -1.88. The molecule has 0 aliphatic carbocycles. The number of hydrogen-bond donors (Lipinski definition) is 2. The van der Waals surface area contributed by atoms with Gasteiger partial charge in [-0.05, 0) is 0 Å². The van der Waals surface area contributed by atoms with E-state index in [0.717, 1.165) is 4.68 Å². The zero-order valence-corrected chi connectivity index (χ0v) is 6.05. The standard InChI is InChI=1S/C5H5N3O4/c1-8-3(5(11)12)6-2(7-8)4(9)10/h1H3,(H,9,10)(H,11,12). The van der Waals surface area contributed by atoms with Crippen LogP contribution in [0.15, 0.2) is 0 Å². The first-order valence-electron chi connectivity index (χ1n) is 2.90. The summed E-state index contributed by atoms with van der Waals surface area (Å²) in [6.07, 6.45) is 0. The number of carbonyl (C=O) groups is 2. The number of aromatic carboxylic acids is 2. The molecular weight excluding hydrogens is 166 g/mol. The monoisotopic (exact) mass is 171 g/mol. The molecule has 0 bridgehead atoms. The number of rotatable bonds is 2. The number of hydrogen-bond acceptors (Lipinski definition) is 4. The van der Waals surface area contributed by atoms with Gasteiger partial charge in [-0.25, -0.2) is 14.3 Å². The first-order chi connectivity index (χ1) is 5.52. The largest absolute Gasteiger partial charge is 0.475 e. The Hall–Kier alpha value is -1.92. The molecule has 2 N–H and O–H groups in total. The normalized spacial score (nSPS) is 9.75. The predicted octanol–water partition coefficient (Wildman–Crippen LogP) is -0.788. The molecule has 0 saturated carbocycles. The van der Waals surface area contributed by atoms with Crippen molar-refractivity contribution in [1.29, 1.82) is 0 Å². The van der Waals surface area contributed by atoms with Crippen LogP contribution in [0.2, 0.25) is 0 Å². The van der Waals surface area contributed by atoms with Crippen molar-refractivity contribution >= 4 is 11.9 Å². The van der Waals surface area contributed by atoms with Crippen LogP contribution in [0, 0.1) is 0 Å². The van der Waals surface area contributed by atoms with Crippen LogP contribution in [0.4, 0.5) is 0 Å². The second kappa shape index (κ2) is 2.61. The van der Waals surface area contributed by atoms with Crippen molar-refractivity contribution in [1.82, 2.24) is 14.8 Å². The smallest absolute Gasteiger partial charge is 0.375 e. The Morgan fingerprint density at radius 1 is 1.33 bits per heavy atom. The Labute approximate surface area is 66.3 Å². The molecule has 1 rings (SSSR count). The molecule has 64 valence electrons. The summed E-state index contributed by atoms with van der Waals surface area (Å²) >= 11 is 0. The van der Waals surface area contributed by atoms with Gasteiger partial charge in [0, 0.05) is 7.05 Å². The predicted molar refractivity (Wildman–Crippen MR) is 34.9 cm³/mol. The van der Waals surface area contributed by atoms with Gasteiger partial charge in [-0.15, -0.1) is 5.10 Å². The highest BCUT2D eigenvalue weighted by molar-refractivity contribution is 5.87. The van der Waals surface area contributed by atoms with Crippen molar-refractivity contribution in [3.8, 4) is 0 Å². The summed E-state index contributed by atoms with van der Waals surface area (Å²) in [6.45, 7) is 0. The fourth-order valence-corrected chi connectivity index (χ4v) is 0.661. The lowest BCUT2D eigenvalue weighted by Crippen LogP contribution is -2.06. The van der Waals surface area contributed by atoms with E-state index in [1.807, 2.05) is 0 Å². The Bertz CT molecular complexity index is 342. The maximum Gasteiger partial charge on any atom is 0.375 e. The minimum Gasteiger partial charge on any atom is -0.475 e. The van der Waals surface area contributed by atoms with Gasteiger partial charge in [0.15, 0.2) is 0 Å². The molecule has 1 heterocycles. The highest BCUT2D eigenvalue weighted by Gasteiger charge is 2.17. The van der Waals surface area contributed by atoms with Gasteiger partial charge in [-0.3, -0.25) is 0 Å². The van der Waals surface area contributed by atoms with Gasteiger partial charge in [0.2, 0.25) is 5.82 Å². The van der Waals surface area contributed by atoms with E-state index in [9.17, 15) is 9.59 Å². The molecule has 12 heavy (non-hydrogen) atoms. The summed E-state index contributed by atoms with van der Waals surface area (Å²) in [4.78, 5) is 23.9. The Morgan fingerprint density at radius 3 is 2.17 bits per heavy atom.